The molecule has 0 aliphatic heterocycles. The van der Waals surface area contributed by atoms with Crippen molar-refractivity contribution < 1.29 is 9.53 Å². The molecule has 0 aliphatic rings. The van der Waals surface area contributed by atoms with Crippen molar-refractivity contribution in [1.29, 1.82) is 0 Å². The average molecular weight is 220 g/mol. The molecule has 0 bridgehead atoms. The molecule has 0 aromatic heterocycles. The molecule has 1 aromatic carbocycles. The number of benzene rings is 1. The number of hydrogen-bond donors (Lipinski definition) is 0. The molecule has 0 aliphatic carbocycles. The van der Waals surface area contributed by atoms with Gasteiger partial charge in [-0.05, 0) is 38.3 Å². The average Bonchev–Trinajstić information content (AvgIpc) is 2.29. The minimum atomic E-state index is 0.147. The molecule has 1 aromatic rings. The summed E-state index contributed by atoms with van der Waals surface area (Å²) in [6.07, 6.45) is 1.48. The maximum Gasteiger partial charge on any atom is 0.163 e. The summed E-state index contributed by atoms with van der Waals surface area (Å²) in [7, 11) is 1.67. The van der Waals surface area contributed by atoms with E-state index in [2.05, 4.69) is 0 Å². The van der Waals surface area contributed by atoms with Gasteiger partial charge in [0.15, 0.2) is 5.78 Å². The van der Waals surface area contributed by atoms with Gasteiger partial charge < -0.3 is 4.74 Å². The van der Waals surface area contributed by atoms with Crippen LogP contribution in [0.5, 0.6) is 0 Å². The first-order valence-electron chi connectivity index (χ1n) is 5.68. The molecule has 88 valence electrons. The number of carbonyl (C=O) groups excluding carboxylic acids is 1. The molecule has 1 atom stereocenters. The Morgan fingerprint density at radius 2 is 2.06 bits per heavy atom. The Hall–Kier alpha value is -1.15. The Bertz CT molecular complexity index is 369. The third kappa shape index (κ3) is 3.17. The number of aryl methyl sites for hydroxylation is 1. The highest BCUT2D eigenvalue weighted by atomic mass is 16.5. The first-order chi connectivity index (χ1) is 7.56. The fraction of sp³-hybridized carbons (Fsp3) is 0.500. The smallest absolute Gasteiger partial charge is 0.163 e. The van der Waals surface area contributed by atoms with Crippen LogP contribution in [-0.4, -0.2) is 19.0 Å². The zero-order chi connectivity index (χ0) is 12.1. The van der Waals surface area contributed by atoms with E-state index in [1.54, 1.807) is 7.11 Å². The van der Waals surface area contributed by atoms with E-state index in [0.717, 1.165) is 17.5 Å². The summed E-state index contributed by atoms with van der Waals surface area (Å²) in [4.78, 5) is 12.0. The Morgan fingerprint density at radius 3 is 2.69 bits per heavy atom. The molecule has 2 heteroatoms. The van der Waals surface area contributed by atoms with Crippen molar-refractivity contribution >= 4 is 5.78 Å². The molecule has 1 rings (SSSR count). The van der Waals surface area contributed by atoms with Crippen molar-refractivity contribution in [2.45, 2.75) is 39.7 Å². The van der Waals surface area contributed by atoms with Crippen LogP contribution in [0.15, 0.2) is 18.2 Å². The standard InChI is InChI=1S/C14H20O2/c1-10-6-5-7-13(12(10)3)14(15)9-8-11(2)16-4/h5-7,11H,8-9H2,1-4H3. The second kappa shape index (κ2) is 5.80. The molecule has 0 saturated carbocycles. The first-order valence-corrected chi connectivity index (χ1v) is 5.68. The molecule has 0 saturated heterocycles. The van der Waals surface area contributed by atoms with E-state index < -0.39 is 0 Å². The van der Waals surface area contributed by atoms with E-state index in [0.29, 0.717) is 6.42 Å². The number of ketones is 1. The quantitative estimate of drug-likeness (QED) is 0.712. The molecule has 0 fully saturated rings. The van der Waals surface area contributed by atoms with E-state index >= 15 is 0 Å². The Kier molecular flexibility index (Phi) is 4.69. The van der Waals surface area contributed by atoms with Crippen LogP contribution in [0.3, 0.4) is 0 Å². The van der Waals surface area contributed by atoms with Gasteiger partial charge >= 0.3 is 0 Å². The van der Waals surface area contributed by atoms with E-state index in [-0.39, 0.29) is 11.9 Å². The number of methoxy groups -OCH3 is 1. The highest BCUT2D eigenvalue weighted by Gasteiger charge is 2.11. The van der Waals surface area contributed by atoms with Crippen LogP contribution in [0.1, 0.15) is 41.3 Å². The lowest BCUT2D eigenvalue weighted by molar-refractivity contribution is 0.0877. The van der Waals surface area contributed by atoms with Gasteiger partial charge in [0.1, 0.15) is 0 Å². The van der Waals surface area contributed by atoms with Crippen molar-refractivity contribution in [3.63, 3.8) is 0 Å². The molecular weight excluding hydrogens is 200 g/mol. The molecule has 0 amide bonds. The number of hydrogen-bond acceptors (Lipinski definition) is 2. The van der Waals surface area contributed by atoms with E-state index in [1.165, 1.54) is 5.56 Å². The second-order valence-corrected chi connectivity index (χ2v) is 4.26. The lowest BCUT2D eigenvalue weighted by Gasteiger charge is -2.10. The van der Waals surface area contributed by atoms with Crippen LogP contribution < -0.4 is 0 Å². The summed E-state index contributed by atoms with van der Waals surface area (Å²) >= 11 is 0. The van der Waals surface area contributed by atoms with Gasteiger partial charge in [-0.25, -0.2) is 0 Å². The SMILES string of the molecule is COC(C)CCC(=O)c1cccc(C)c1C. The lowest BCUT2D eigenvalue weighted by atomic mass is 9.97. The number of Topliss-reactive ketones (excluding diaryl/α,β-unsaturated/α-hetero) is 1. The van der Waals surface area contributed by atoms with Crippen molar-refractivity contribution in [3.8, 4) is 0 Å². The molecule has 0 radical (unpaired) electrons. The van der Waals surface area contributed by atoms with E-state index in [4.69, 9.17) is 4.74 Å². The van der Waals surface area contributed by atoms with Crippen molar-refractivity contribution in [2.24, 2.45) is 0 Å². The maximum absolute atomic E-state index is 12.0. The Balaban J connectivity index is 2.70. The Labute approximate surface area is 97.6 Å². The van der Waals surface area contributed by atoms with Crippen LogP contribution in [0.25, 0.3) is 0 Å². The van der Waals surface area contributed by atoms with Crippen molar-refractivity contribution in [1.82, 2.24) is 0 Å². The normalized spacial score (nSPS) is 12.5. The molecule has 1 unspecified atom stereocenters. The summed E-state index contributed by atoms with van der Waals surface area (Å²) in [6, 6.07) is 5.88. The van der Waals surface area contributed by atoms with Crippen molar-refractivity contribution in [2.75, 3.05) is 7.11 Å². The second-order valence-electron chi connectivity index (χ2n) is 4.26. The van der Waals surface area contributed by atoms with Gasteiger partial charge in [0, 0.05) is 19.1 Å². The molecular formula is C14H20O2. The highest BCUT2D eigenvalue weighted by molar-refractivity contribution is 5.97. The molecule has 16 heavy (non-hydrogen) atoms. The Morgan fingerprint density at radius 1 is 1.38 bits per heavy atom. The molecule has 0 spiro atoms. The van der Waals surface area contributed by atoms with E-state index in [1.807, 2.05) is 39.0 Å². The van der Waals surface area contributed by atoms with Gasteiger partial charge in [0.2, 0.25) is 0 Å². The molecule has 0 heterocycles. The minimum Gasteiger partial charge on any atom is -0.382 e. The summed E-state index contributed by atoms with van der Waals surface area (Å²) in [6.45, 7) is 6.02. The van der Waals surface area contributed by atoms with Gasteiger partial charge in [-0.15, -0.1) is 0 Å². The molecule has 2 nitrogen and oxygen atoms in total. The zero-order valence-electron chi connectivity index (χ0n) is 10.5. The largest absolute Gasteiger partial charge is 0.382 e. The fourth-order valence-corrected chi connectivity index (χ4v) is 1.64. The van der Waals surface area contributed by atoms with Crippen molar-refractivity contribution in [3.05, 3.63) is 34.9 Å². The summed E-state index contributed by atoms with van der Waals surface area (Å²) in [5, 5.41) is 0. The monoisotopic (exact) mass is 220 g/mol. The predicted molar refractivity (Wildman–Crippen MR) is 66.0 cm³/mol. The van der Waals surface area contributed by atoms with Crippen LogP contribution in [-0.2, 0) is 4.74 Å². The summed E-state index contributed by atoms with van der Waals surface area (Å²) in [5.41, 5.74) is 3.12. The number of carbonyl (C=O) groups is 1. The van der Waals surface area contributed by atoms with Gasteiger partial charge in [0.25, 0.3) is 0 Å². The van der Waals surface area contributed by atoms with Crippen LogP contribution in [0.2, 0.25) is 0 Å². The highest BCUT2D eigenvalue weighted by Crippen LogP contribution is 2.16. The first kappa shape index (κ1) is 12.9. The van der Waals surface area contributed by atoms with Gasteiger partial charge in [-0.2, -0.15) is 0 Å². The maximum atomic E-state index is 12.0. The van der Waals surface area contributed by atoms with Crippen LogP contribution in [0, 0.1) is 13.8 Å². The number of ether oxygens (including phenoxy) is 1. The third-order valence-corrected chi connectivity index (χ3v) is 3.09. The van der Waals surface area contributed by atoms with Gasteiger partial charge in [-0.3, -0.25) is 4.79 Å². The van der Waals surface area contributed by atoms with Gasteiger partial charge in [0.05, 0.1) is 6.10 Å². The van der Waals surface area contributed by atoms with Crippen LogP contribution >= 0.6 is 0 Å². The third-order valence-electron chi connectivity index (χ3n) is 3.09. The number of rotatable bonds is 5. The summed E-state index contributed by atoms with van der Waals surface area (Å²) < 4.78 is 5.14. The fourth-order valence-electron chi connectivity index (χ4n) is 1.64. The van der Waals surface area contributed by atoms with Gasteiger partial charge in [-0.1, -0.05) is 18.2 Å². The molecule has 0 N–H and O–H groups in total. The van der Waals surface area contributed by atoms with Crippen LogP contribution in [0.4, 0.5) is 0 Å². The predicted octanol–water partition coefficient (Wildman–Crippen LogP) is 3.30. The topological polar surface area (TPSA) is 26.3 Å². The summed E-state index contributed by atoms with van der Waals surface area (Å²) in [5.74, 6) is 0.213. The zero-order valence-corrected chi connectivity index (χ0v) is 10.5. The lowest BCUT2D eigenvalue weighted by Crippen LogP contribution is -2.09. The minimum absolute atomic E-state index is 0.147. The van der Waals surface area contributed by atoms with E-state index in [9.17, 15) is 4.79 Å².